The number of fused-ring (bicyclic) bond motifs is 1. The normalized spacial score (nSPS) is 18.8. The monoisotopic (exact) mass is 348 g/mol. The molecule has 0 saturated heterocycles. The van der Waals surface area contributed by atoms with Gasteiger partial charge in [-0.15, -0.1) is 0 Å². The molecule has 1 fully saturated rings. The number of anilines is 1. The minimum atomic E-state index is 0.255. The van der Waals surface area contributed by atoms with Crippen molar-refractivity contribution in [1.29, 1.82) is 0 Å². The van der Waals surface area contributed by atoms with Gasteiger partial charge in [0, 0.05) is 9.86 Å². The number of aromatic nitrogens is 1. The maximum Gasteiger partial charge on any atom is 0.153 e. The number of hydrogen-bond acceptors (Lipinski definition) is 3. The number of halogens is 1. The highest BCUT2D eigenvalue weighted by Crippen LogP contribution is 2.39. The highest BCUT2D eigenvalue weighted by molar-refractivity contribution is 9.10. The number of benzene rings is 1. The Balaban J connectivity index is 1.90. The van der Waals surface area contributed by atoms with Crippen molar-refractivity contribution in [3.63, 3.8) is 0 Å². The minimum Gasteiger partial charge on any atom is -0.487 e. The summed E-state index contributed by atoms with van der Waals surface area (Å²) >= 11 is 3.51. The third-order valence-corrected chi connectivity index (χ3v) is 4.87. The lowest BCUT2D eigenvalue weighted by molar-refractivity contribution is 0.101. The van der Waals surface area contributed by atoms with Crippen LogP contribution in [0.5, 0.6) is 5.75 Å². The van der Waals surface area contributed by atoms with E-state index in [-0.39, 0.29) is 6.10 Å². The van der Waals surface area contributed by atoms with E-state index in [0.29, 0.717) is 11.1 Å². The number of nitrogens with zero attached hydrogens (tertiary/aromatic N) is 1. The van der Waals surface area contributed by atoms with E-state index in [2.05, 4.69) is 34.8 Å². The third kappa shape index (κ3) is 3.15. The van der Waals surface area contributed by atoms with Crippen LogP contribution in [0.1, 0.15) is 39.5 Å². The molecule has 0 aliphatic heterocycles. The Morgan fingerprint density at radius 2 is 2.00 bits per heavy atom. The molecule has 2 aromatic rings. The Morgan fingerprint density at radius 3 is 2.71 bits per heavy atom. The first-order chi connectivity index (χ1) is 9.94. The van der Waals surface area contributed by atoms with E-state index >= 15 is 0 Å². The molecular formula is C17H21BrN2O. The SMILES string of the molecule is CC1(C)CCC(Oc2c(N)cnc3ccc(Br)cc23)CC1. The molecular weight excluding hydrogens is 328 g/mol. The predicted octanol–water partition coefficient (Wildman–Crippen LogP) is 4.93. The van der Waals surface area contributed by atoms with Gasteiger partial charge in [-0.3, -0.25) is 4.98 Å². The second-order valence-electron chi connectivity index (χ2n) is 6.69. The second-order valence-corrected chi connectivity index (χ2v) is 7.60. The van der Waals surface area contributed by atoms with Crippen molar-refractivity contribution in [1.82, 2.24) is 4.98 Å². The summed E-state index contributed by atoms with van der Waals surface area (Å²) in [7, 11) is 0. The molecule has 1 aromatic heterocycles. The Labute approximate surface area is 134 Å². The van der Waals surface area contributed by atoms with E-state index in [1.165, 1.54) is 12.8 Å². The molecule has 112 valence electrons. The van der Waals surface area contributed by atoms with Gasteiger partial charge >= 0.3 is 0 Å². The molecule has 0 spiro atoms. The van der Waals surface area contributed by atoms with E-state index in [1.54, 1.807) is 6.20 Å². The highest BCUT2D eigenvalue weighted by Gasteiger charge is 2.28. The van der Waals surface area contributed by atoms with Crippen LogP contribution in [-0.4, -0.2) is 11.1 Å². The number of nitrogen functional groups attached to an aromatic ring is 1. The van der Waals surface area contributed by atoms with Crippen molar-refractivity contribution in [3.8, 4) is 5.75 Å². The molecule has 1 heterocycles. The van der Waals surface area contributed by atoms with Crippen molar-refractivity contribution in [2.45, 2.75) is 45.6 Å². The van der Waals surface area contributed by atoms with Crippen molar-refractivity contribution in [3.05, 3.63) is 28.9 Å². The summed E-state index contributed by atoms with van der Waals surface area (Å²) in [4.78, 5) is 4.37. The quantitative estimate of drug-likeness (QED) is 0.837. The lowest BCUT2D eigenvalue weighted by atomic mass is 9.76. The van der Waals surface area contributed by atoms with Gasteiger partial charge in [0.25, 0.3) is 0 Å². The minimum absolute atomic E-state index is 0.255. The first-order valence-corrected chi connectivity index (χ1v) is 8.24. The van der Waals surface area contributed by atoms with Crippen LogP contribution < -0.4 is 10.5 Å². The fourth-order valence-electron chi connectivity index (χ4n) is 2.94. The molecule has 3 nitrogen and oxygen atoms in total. The largest absolute Gasteiger partial charge is 0.487 e. The van der Waals surface area contributed by atoms with E-state index in [1.807, 2.05) is 18.2 Å². The summed E-state index contributed by atoms with van der Waals surface area (Å²) < 4.78 is 7.27. The summed E-state index contributed by atoms with van der Waals surface area (Å²) in [5.74, 6) is 0.783. The van der Waals surface area contributed by atoms with Gasteiger partial charge in [-0.05, 0) is 49.3 Å². The van der Waals surface area contributed by atoms with Crippen LogP contribution in [0.25, 0.3) is 10.9 Å². The zero-order chi connectivity index (χ0) is 15.0. The molecule has 0 amide bonds. The van der Waals surface area contributed by atoms with Gasteiger partial charge < -0.3 is 10.5 Å². The standard InChI is InChI=1S/C17H21BrN2O/c1-17(2)7-5-12(6-8-17)21-16-13-9-11(18)3-4-15(13)20-10-14(16)19/h3-4,9-10,12H,5-8,19H2,1-2H3. The smallest absolute Gasteiger partial charge is 0.153 e. The fraction of sp³-hybridized carbons (Fsp3) is 0.471. The fourth-order valence-corrected chi connectivity index (χ4v) is 3.31. The van der Waals surface area contributed by atoms with Crippen LogP contribution in [0.4, 0.5) is 5.69 Å². The average molecular weight is 349 g/mol. The van der Waals surface area contributed by atoms with E-state index in [9.17, 15) is 0 Å². The van der Waals surface area contributed by atoms with Crippen molar-refractivity contribution in [2.75, 3.05) is 5.73 Å². The van der Waals surface area contributed by atoms with Gasteiger partial charge in [-0.1, -0.05) is 29.8 Å². The molecule has 0 radical (unpaired) electrons. The van der Waals surface area contributed by atoms with Crippen molar-refractivity contribution < 1.29 is 4.74 Å². The van der Waals surface area contributed by atoms with Crippen LogP contribution in [0.3, 0.4) is 0 Å². The molecule has 21 heavy (non-hydrogen) atoms. The van der Waals surface area contributed by atoms with E-state index < -0.39 is 0 Å². The molecule has 1 aliphatic rings. The first kappa shape index (κ1) is 14.6. The Kier molecular flexibility index (Phi) is 3.82. The topological polar surface area (TPSA) is 48.1 Å². The molecule has 1 aromatic carbocycles. The molecule has 2 N–H and O–H groups in total. The van der Waals surface area contributed by atoms with Crippen molar-refractivity contribution in [2.24, 2.45) is 5.41 Å². The number of nitrogens with two attached hydrogens (primary N) is 1. The molecule has 0 unspecified atom stereocenters. The van der Waals surface area contributed by atoms with Gasteiger partial charge in [0.2, 0.25) is 0 Å². The third-order valence-electron chi connectivity index (χ3n) is 4.38. The Hall–Kier alpha value is -1.29. The van der Waals surface area contributed by atoms with Gasteiger partial charge in [-0.25, -0.2) is 0 Å². The van der Waals surface area contributed by atoms with Crippen LogP contribution >= 0.6 is 15.9 Å². The molecule has 0 bridgehead atoms. The number of hydrogen-bond donors (Lipinski definition) is 1. The lowest BCUT2D eigenvalue weighted by Gasteiger charge is -2.34. The maximum atomic E-state index is 6.26. The van der Waals surface area contributed by atoms with E-state index in [0.717, 1.165) is 34.0 Å². The van der Waals surface area contributed by atoms with Gasteiger partial charge in [0.1, 0.15) is 0 Å². The Morgan fingerprint density at radius 1 is 1.29 bits per heavy atom. The average Bonchev–Trinajstić information content (AvgIpc) is 2.44. The lowest BCUT2D eigenvalue weighted by Crippen LogP contribution is -2.28. The summed E-state index contributed by atoms with van der Waals surface area (Å²) in [5.41, 5.74) is 8.08. The van der Waals surface area contributed by atoms with Crippen LogP contribution in [0, 0.1) is 5.41 Å². The molecule has 1 aliphatic carbocycles. The Bertz CT molecular complexity index is 654. The summed E-state index contributed by atoms with van der Waals surface area (Å²) in [6.45, 7) is 4.66. The van der Waals surface area contributed by atoms with Crippen molar-refractivity contribution >= 4 is 32.5 Å². The molecule has 1 saturated carbocycles. The molecule has 0 atom stereocenters. The van der Waals surface area contributed by atoms with Crippen LogP contribution in [0.2, 0.25) is 0 Å². The highest BCUT2D eigenvalue weighted by atomic mass is 79.9. The van der Waals surface area contributed by atoms with Crippen LogP contribution in [-0.2, 0) is 0 Å². The first-order valence-electron chi connectivity index (χ1n) is 7.45. The number of rotatable bonds is 2. The maximum absolute atomic E-state index is 6.26. The molecule has 3 rings (SSSR count). The second kappa shape index (κ2) is 5.48. The summed E-state index contributed by atoms with van der Waals surface area (Å²) in [5, 5.41) is 0.981. The van der Waals surface area contributed by atoms with Crippen LogP contribution in [0.15, 0.2) is 28.9 Å². The predicted molar refractivity (Wildman–Crippen MR) is 90.5 cm³/mol. The zero-order valence-electron chi connectivity index (χ0n) is 12.5. The molecule has 4 heteroatoms. The zero-order valence-corrected chi connectivity index (χ0v) is 14.1. The number of ether oxygens (including phenoxy) is 1. The van der Waals surface area contributed by atoms with Gasteiger partial charge in [-0.2, -0.15) is 0 Å². The summed E-state index contributed by atoms with van der Waals surface area (Å²) in [6.07, 6.45) is 6.52. The van der Waals surface area contributed by atoms with E-state index in [4.69, 9.17) is 10.5 Å². The van der Waals surface area contributed by atoms with Gasteiger partial charge in [0.05, 0.1) is 23.5 Å². The number of pyridine rings is 1. The summed E-state index contributed by atoms with van der Waals surface area (Å²) in [6, 6.07) is 5.99. The van der Waals surface area contributed by atoms with Gasteiger partial charge in [0.15, 0.2) is 5.75 Å².